The van der Waals surface area contributed by atoms with Gasteiger partial charge < -0.3 is 4.43 Å². The van der Waals surface area contributed by atoms with Crippen LogP contribution in [-0.4, -0.2) is 8.32 Å². The number of nitrogens with zero attached hydrogens (tertiary/aromatic N) is 1. The SMILES string of the molecule is CC(N=O)c1cc2cc(O[Si](C)(C)C(C)(C)C)ccc2s1. The summed E-state index contributed by atoms with van der Waals surface area (Å²) < 4.78 is 7.50. The fraction of sp³-hybridized carbons (Fsp3) is 0.500. The van der Waals surface area contributed by atoms with Crippen molar-refractivity contribution in [2.45, 2.75) is 51.9 Å². The number of hydrogen-bond acceptors (Lipinski definition) is 4. The van der Waals surface area contributed by atoms with Gasteiger partial charge in [-0.1, -0.05) is 25.9 Å². The van der Waals surface area contributed by atoms with Crippen molar-refractivity contribution in [2.24, 2.45) is 5.18 Å². The number of nitroso groups, excluding NO2 is 1. The average Bonchev–Trinajstić information content (AvgIpc) is 2.79. The molecule has 0 saturated heterocycles. The highest BCUT2D eigenvalue weighted by Gasteiger charge is 2.38. The van der Waals surface area contributed by atoms with Crippen molar-refractivity contribution in [1.29, 1.82) is 0 Å². The monoisotopic (exact) mass is 321 g/mol. The van der Waals surface area contributed by atoms with Gasteiger partial charge in [0.1, 0.15) is 11.8 Å². The molecule has 1 heterocycles. The summed E-state index contributed by atoms with van der Waals surface area (Å²) in [5.41, 5.74) is 0. The van der Waals surface area contributed by atoms with Gasteiger partial charge in [0.2, 0.25) is 8.32 Å². The molecular formula is C16H23NO2SSi. The molecule has 21 heavy (non-hydrogen) atoms. The number of hydrogen-bond donors (Lipinski definition) is 0. The largest absolute Gasteiger partial charge is 0.543 e. The van der Waals surface area contributed by atoms with Gasteiger partial charge in [0, 0.05) is 9.58 Å². The van der Waals surface area contributed by atoms with Crippen molar-refractivity contribution in [3.05, 3.63) is 34.0 Å². The number of thiophene rings is 1. The molecule has 1 aromatic heterocycles. The Morgan fingerprint density at radius 3 is 2.48 bits per heavy atom. The second-order valence-electron chi connectivity index (χ2n) is 6.99. The molecule has 1 unspecified atom stereocenters. The van der Waals surface area contributed by atoms with Crippen LogP contribution in [0, 0.1) is 4.91 Å². The van der Waals surface area contributed by atoms with Gasteiger partial charge in [-0.2, -0.15) is 4.91 Å². The molecule has 114 valence electrons. The van der Waals surface area contributed by atoms with Gasteiger partial charge in [0.05, 0.1) is 0 Å². The summed E-state index contributed by atoms with van der Waals surface area (Å²) in [7, 11) is -1.82. The Balaban J connectivity index is 2.33. The van der Waals surface area contributed by atoms with Gasteiger partial charge in [-0.25, -0.2) is 0 Å². The lowest BCUT2D eigenvalue weighted by molar-refractivity contribution is 0.493. The van der Waals surface area contributed by atoms with Crippen LogP contribution >= 0.6 is 11.3 Å². The maximum atomic E-state index is 10.7. The van der Waals surface area contributed by atoms with Crippen LogP contribution in [0.2, 0.25) is 18.1 Å². The highest BCUT2D eigenvalue weighted by atomic mass is 32.1. The van der Waals surface area contributed by atoms with E-state index in [2.05, 4.69) is 51.2 Å². The smallest absolute Gasteiger partial charge is 0.250 e. The van der Waals surface area contributed by atoms with E-state index in [1.165, 1.54) is 4.70 Å². The van der Waals surface area contributed by atoms with Crippen molar-refractivity contribution in [3.63, 3.8) is 0 Å². The molecule has 5 heteroatoms. The molecule has 0 aliphatic heterocycles. The van der Waals surface area contributed by atoms with E-state index in [1.54, 1.807) is 11.3 Å². The van der Waals surface area contributed by atoms with E-state index in [0.717, 1.165) is 16.0 Å². The third-order valence-corrected chi connectivity index (χ3v) is 9.90. The standard InChI is InChI=1S/C16H23NO2SSi/c1-11(17-18)15-10-12-9-13(7-8-14(12)20-15)19-21(5,6)16(2,3)4/h7-11H,1-6H3. The number of benzene rings is 1. The van der Waals surface area contributed by atoms with Gasteiger partial charge in [-0.15, -0.1) is 11.3 Å². The molecule has 1 atom stereocenters. The Morgan fingerprint density at radius 2 is 1.90 bits per heavy atom. The molecule has 0 N–H and O–H groups in total. The molecule has 2 aromatic rings. The zero-order valence-electron chi connectivity index (χ0n) is 13.6. The van der Waals surface area contributed by atoms with Crippen LogP contribution < -0.4 is 4.43 Å². The topological polar surface area (TPSA) is 38.7 Å². The molecule has 0 saturated carbocycles. The fourth-order valence-corrected chi connectivity index (χ4v) is 3.86. The third kappa shape index (κ3) is 3.35. The Hall–Kier alpha value is -1.20. The Bertz CT molecular complexity index is 658. The van der Waals surface area contributed by atoms with Gasteiger partial charge >= 0.3 is 0 Å². The second-order valence-corrected chi connectivity index (χ2v) is 12.8. The summed E-state index contributed by atoms with van der Waals surface area (Å²) in [6.07, 6.45) is 0. The van der Waals surface area contributed by atoms with Crippen molar-refractivity contribution in [2.75, 3.05) is 0 Å². The summed E-state index contributed by atoms with van der Waals surface area (Å²) in [6, 6.07) is 7.94. The molecule has 0 spiro atoms. The molecule has 2 rings (SSSR count). The highest BCUT2D eigenvalue weighted by Crippen LogP contribution is 2.39. The minimum absolute atomic E-state index is 0.178. The first-order valence-electron chi connectivity index (χ1n) is 7.19. The van der Waals surface area contributed by atoms with E-state index < -0.39 is 8.32 Å². The molecule has 0 radical (unpaired) electrons. The molecular weight excluding hydrogens is 298 g/mol. The third-order valence-electron chi connectivity index (χ3n) is 4.26. The molecule has 0 bridgehead atoms. The van der Waals surface area contributed by atoms with E-state index in [-0.39, 0.29) is 11.1 Å². The maximum Gasteiger partial charge on any atom is 0.250 e. The Kier molecular flexibility index (Phi) is 4.26. The van der Waals surface area contributed by atoms with Crippen LogP contribution in [0.3, 0.4) is 0 Å². The van der Waals surface area contributed by atoms with Crippen molar-refractivity contribution in [1.82, 2.24) is 0 Å². The lowest BCUT2D eigenvalue weighted by atomic mass is 10.2. The average molecular weight is 322 g/mol. The molecule has 1 aromatic carbocycles. The summed E-state index contributed by atoms with van der Waals surface area (Å²) in [5.74, 6) is 0.921. The highest BCUT2D eigenvalue weighted by molar-refractivity contribution is 7.19. The molecule has 3 nitrogen and oxygen atoms in total. The van der Waals surface area contributed by atoms with E-state index in [1.807, 2.05) is 19.1 Å². The molecule has 0 aliphatic rings. The van der Waals surface area contributed by atoms with Crippen LogP contribution in [0.15, 0.2) is 29.4 Å². The van der Waals surface area contributed by atoms with Crippen molar-refractivity contribution < 1.29 is 4.43 Å². The first-order valence-corrected chi connectivity index (χ1v) is 10.9. The molecule has 0 amide bonds. The summed E-state index contributed by atoms with van der Waals surface area (Å²) in [6.45, 7) is 13.0. The fourth-order valence-electron chi connectivity index (χ4n) is 1.81. The zero-order chi connectivity index (χ0) is 15.8. The quantitative estimate of drug-likeness (QED) is 0.503. The van der Waals surface area contributed by atoms with Gasteiger partial charge in [0.25, 0.3) is 0 Å². The van der Waals surface area contributed by atoms with Crippen molar-refractivity contribution in [3.8, 4) is 5.75 Å². The normalized spacial score (nSPS) is 14.2. The molecule has 0 aliphatic carbocycles. The van der Waals surface area contributed by atoms with E-state index in [4.69, 9.17) is 4.43 Å². The summed E-state index contributed by atoms with van der Waals surface area (Å²) in [4.78, 5) is 11.7. The van der Waals surface area contributed by atoms with E-state index in [0.29, 0.717) is 0 Å². The Morgan fingerprint density at radius 1 is 1.24 bits per heavy atom. The Labute approximate surface area is 131 Å². The maximum absolute atomic E-state index is 10.7. The minimum atomic E-state index is -1.82. The van der Waals surface area contributed by atoms with Gasteiger partial charge in [0.15, 0.2) is 0 Å². The lowest BCUT2D eigenvalue weighted by Gasteiger charge is -2.36. The van der Waals surface area contributed by atoms with Gasteiger partial charge in [-0.05, 0) is 54.7 Å². The van der Waals surface area contributed by atoms with E-state index >= 15 is 0 Å². The van der Waals surface area contributed by atoms with Crippen molar-refractivity contribution >= 4 is 29.7 Å². The first-order chi connectivity index (χ1) is 9.64. The van der Waals surface area contributed by atoms with Crippen LogP contribution in [-0.2, 0) is 0 Å². The molecule has 0 fully saturated rings. The predicted octanol–water partition coefficient (Wildman–Crippen LogP) is 6.11. The number of rotatable bonds is 4. The van der Waals surface area contributed by atoms with Gasteiger partial charge in [-0.3, -0.25) is 0 Å². The van der Waals surface area contributed by atoms with Crippen LogP contribution in [0.4, 0.5) is 0 Å². The zero-order valence-corrected chi connectivity index (χ0v) is 15.4. The summed E-state index contributed by atoms with van der Waals surface area (Å²) >= 11 is 1.62. The van der Waals surface area contributed by atoms with Crippen LogP contribution in [0.25, 0.3) is 10.1 Å². The van der Waals surface area contributed by atoms with E-state index in [9.17, 15) is 4.91 Å². The lowest BCUT2D eigenvalue weighted by Crippen LogP contribution is -2.43. The minimum Gasteiger partial charge on any atom is -0.543 e. The van der Waals surface area contributed by atoms with Crippen LogP contribution in [0.5, 0.6) is 5.75 Å². The second kappa shape index (κ2) is 5.53. The predicted molar refractivity (Wildman–Crippen MR) is 93.9 cm³/mol. The van der Waals surface area contributed by atoms with Crippen LogP contribution in [0.1, 0.15) is 38.6 Å². The summed E-state index contributed by atoms with van der Waals surface area (Å²) in [5, 5.41) is 4.41. The number of fused-ring (bicyclic) bond motifs is 1. The first kappa shape index (κ1) is 16.2.